The standard InChI is InChI=1S/C26H31FN6O3/c1-17(26(34)35)8-5-3-4-6-13-36-19-14-22(27)32-23(15-19)33-12-9-21-20(18(33)2)16-30-25(31-21)24-28-10-7-11-29-24/h7,10-11,14-18H,3-6,8-9,12-13H2,1-2H3,(H,34,35). The molecule has 0 radical (unpaired) electrons. The highest BCUT2D eigenvalue weighted by molar-refractivity contribution is 5.69. The summed E-state index contributed by atoms with van der Waals surface area (Å²) in [4.78, 5) is 34.6. The van der Waals surface area contributed by atoms with Gasteiger partial charge in [0.25, 0.3) is 0 Å². The highest BCUT2D eigenvalue weighted by Crippen LogP contribution is 2.33. The van der Waals surface area contributed by atoms with E-state index in [2.05, 4.69) is 24.9 Å². The third kappa shape index (κ3) is 6.30. The van der Waals surface area contributed by atoms with Crippen LogP contribution in [0.1, 0.15) is 63.3 Å². The second kappa shape index (κ2) is 11.8. The first-order valence-electron chi connectivity index (χ1n) is 12.4. The van der Waals surface area contributed by atoms with Crippen molar-refractivity contribution in [1.82, 2.24) is 24.9 Å². The van der Waals surface area contributed by atoms with Gasteiger partial charge in [0.15, 0.2) is 11.6 Å². The van der Waals surface area contributed by atoms with Gasteiger partial charge in [-0.3, -0.25) is 4.79 Å². The van der Waals surface area contributed by atoms with E-state index in [-0.39, 0.29) is 12.0 Å². The lowest BCUT2D eigenvalue weighted by atomic mass is 9.99. The van der Waals surface area contributed by atoms with E-state index in [1.54, 1.807) is 37.6 Å². The summed E-state index contributed by atoms with van der Waals surface area (Å²) in [7, 11) is 0. The molecule has 0 fully saturated rings. The lowest BCUT2D eigenvalue weighted by molar-refractivity contribution is -0.141. The van der Waals surface area contributed by atoms with E-state index in [1.165, 1.54) is 6.07 Å². The van der Waals surface area contributed by atoms with Crippen molar-refractivity contribution in [3.8, 4) is 17.4 Å². The number of carboxylic acids is 1. The number of fused-ring (bicyclic) bond motifs is 1. The molecule has 4 heterocycles. The van der Waals surface area contributed by atoms with Crippen LogP contribution in [0, 0.1) is 11.9 Å². The van der Waals surface area contributed by atoms with E-state index < -0.39 is 11.9 Å². The Morgan fingerprint density at radius 2 is 1.92 bits per heavy atom. The van der Waals surface area contributed by atoms with Crippen molar-refractivity contribution in [2.75, 3.05) is 18.1 Å². The monoisotopic (exact) mass is 494 g/mol. The van der Waals surface area contributed by atoms with Crippen molar-refractivity contribution in [3.05, 3.63) is 54.0 Å². The van der Waals surface area contributed by atoms with Gasteiger partial charge in [-0.05, 0) is 25.8 Å². The van der Waals surface area contributed by atoms with E-state index in [0.29, 0.717) is 49.2 Å². The second-order valence-electron chi connectivity index (χ2n) is 9.06. The third-order valence-corrected chi connectivity index (χ3v) is 6.44. The molecule has 0 spiro atoms. The fourth-order valence-electron chi connectivity index (χ4n) is 4.31. The van der Waals surface area contributed by atoms with E-state index in [1.807, 2.05) is 11.8 Å². The van der Waals surface area contributed by atoms with E-state index in [4.69, 9.17) is 9.84 Å². The lowest BCUT2D eigenvalue weighted by Crippen LogP contribution is -2.35. The van der Waals surface area contributed by atoms with Crippen LogP contribution < -0.4 is 9.64 Å². The summed E-state index contributed by atoms with van der Waals surface area (Å²) in [6.07, 6.45) is 10.0. The molecule has 4 rings (SSSR count). The molecule has 0 aliphatic carbocycles. The van der Waals surface area contributed by atoms with Crippen LogP contribution in [0.15, 0.2) is 36.8 Å². The molecule has 3 aromatic rings. The maximum atomic E-state index is 14.4. The third-order valence-electron chi connectivity index (χ3n) is 6.44. The van der Waals surface area contributed by atoms with Crippen LogP contribution in [-0.4, -0.2) is 49.1 Å². The van der Waals surface area contributed by atoms with E-state index in [0.717, 1.165) is 36.9 Å². The zero-order valence-electron chi connectivity index (χ0n) is 20.6. The van der Waals surface area contributed by atoms with Gasteiger partial charge in [-0.25, -0.2) is 24.9 Å². The summed E-state index contributed by atoms with van der Waals surface area (Å²) in [5.41, 5.74) is 1.90. The number of nitrogens with zero attached hydrogens (tertiary/aromatic N) is 6. The van der Waals surface area contributed by atoms with Crippen LogP contribution in [-0.2, 0) is 11.2 Å². The number of halogens is 1. The summed E-state index contributed by atoms with van der Waals surface area (Å²) >= 11 is 0. The molecule has 36 heavy (non-hydrogen) atoms. The van der Waals surface area contributed by atoms with Crippen molar-refractivity contribution in [1.29, 1.82) is 0 Å². The van der Waals surface area contributed by atoms with Gasteiger partial charge in [0, 0.05) is 49.3 Å². The Morgan fingerprint density at radius 3 is 2.69 bits per heavy atom. The van der Waals surface area contributed by atoms with Gasteiger partial charge in [-0.15, -0.1) is 0 Å². The van der Waals surface area contributed by atoms with Gasteiger partial charge in [-0.2, -0.15) is 4.39 Å². The number of carboxylic acid groups (broad SMARTS) is 1. The fourth-order valence-corrected chi connectivity index (χ4v) is 4.31. The predicted molar refractivity (Wildman–Crippen MR) is 132 cm³/mol. The number of hydrogen-bond acceptors (Lipinski definition) is 8. The first-order valence-corrected chi connectivity index (χ1v) is 12.4. The SMILES string of the molecule is CC(CCCCCCOc1cc(F)nc(N2CCc3nc(-c4ncccn4)ncc3C2C)c1)C(=O)O. The average molecular weight is 495 g/mol. The maximum Gasteiger partial charge on any atom is 0.306 e. The Morgan fingerprint density at radius 1 is 1.14 bits per heavy atom. The molecule has 1 aliphatic rings. The quantitative estimate of drug-likeness (QED) is 0.301. The normalized spacial score (nSPS) is 15.9. The molecular formula is C26H31FN6O3. The summed E-state index contributed by atoms with van der Waals surface area (Å²) in [6.45, 7) is 4.85. The molecule has 0 saturated carbocycles. The molecule has 0 bridgehead atoms. The van der Waals surface area contributed by atoms with Gasteiger partial charge in [0.05, 0.1) is 24.3 Å². The number of ether oxygens (including phenoxy) is 1. The Kier molecular flexibility index (Phi) is 8.35. The number of anilines is 1. The van der Waals surface area contributed by atoms with E-state index in [9.17, 15) is 9.18 Å². The number of aliphatic carboxylic acids is 1. The molecule has 0 saturated heterocycles. The van der Waals surface area contributed by atoms with Crippen LogP contribution >= 0.6 is 0 Å². The Labute approximate surface area is 209 Å². The molecule has 10 heteroatoms. The van der Waals surface area contributed by atoms with Crippen LogP contribution in [0.2, 0.25) is 0 Å². The summed E-state index contributed by atoms with van der Waals surface area (Å²) in [5.74, 6) is 0.291. The van der Waals surface area contributed by atoms with Crippen LogP contribution in [0.25, 0.3) is 11.6 Å². The minimum atomic E-state index is -0.751. The molecule has 3 aromatic heterocycles. The minimum Gasteiger partial charge on any atom is -0.493 e. The van der Waals surface area contributed by atoms with Crippen LogP contribution in [0.5, 0.6) is 5.75 Å². The van der Waals surface area contributed by atoms with Crippen LogP contribution in [0.3, 0.4) is 0 Å². The Balaban J connectivity index is 1.34. The van der Waals surface area contributed by atoms with Gasteiger partial charge in [-0.1, -0.05) is 26.2 Å². The highest BCUT2D eigenvalue weighted by atomic mass is 19.1. The van der Waals surface area contributed by atoms with Crippen molar-refractivity contribution in [3.63, 3.8) is 0 Å². The first-order chi connectivity index (χ1) is 17.4. The molecular weight excluding hydrogens is 463 g/mol. The van der Waals surface area contributed by atoms with Crippen LogP contribution in [0.4, 0.5) is 10.2 Å². The van der Waals surface area contributed by atoms with Gasteiger partial charge in [0.1, 0.15) is 11.6 Å². The molecule has 190 valence electrons. The maximum absolute atomic E-state index is 14.4. The summed E-state index contributed by atoms with van der Waals surface area (Å²) in [6, 6.07) is 4.73. The highest BCUT2D eigenvalue weighted by Gasteiger charge is 2.28. The molecule has 0 amide bonds. The van der Waals surface area contributed by atoms with Crippen molar-refractivity contribution in [2.45, 2.75) is 58.4 Å². The van der Waals surface area contributed by atoms with Crippen molar-refractivity contribution < 1.29 is 19.0 Å². The number of rotatable bonds is 11. The minimum absolute atomic E-state index is 0.0881. The van der Waals surface area contributed by atoms with Gasteiger partial charge < -0.3 is 14.7 Å². The number of unbranched alkanes of at least 4 members (excludes halogenated alkanes) is 3. The zero-order valence-corrected chi connectivity index (χ0v) is 20.6. The Hall–Kier alpha value is -3.69. The number of hydrogen-bond donors (Lipinski definition) is 1. The second-order valence-corrected chi connectivity index (χ2v) is 9.06. The molecule has 0 aromatic carbocycles. The largest absolute Gasteiger partial charge is 0.493 e. The first kappa shape index (κ1) is 25.4. The number of pyridine rings is 1. The molecule has 9 nitrogen and oxygen atoms in total. The molecule has 2 unspecified atom stereocenters. The van der Waals surface area contributed by atoms with E-state index >= 15 is 0 Å². The molecule has 2 atom stereocenters. The zero-order chi connectivity index (χ0) is 25.5. The summed E-state index contributed by atoms with van der Waals surface area (Å²) in [5, 5.41) is 8.94. The number of aromatic nitrogens is 5. The Bertz CT molecular complexity index is 1180. The molecule has 1 aliphatic heterocycles. The average Bonchev–Trinajstić information content (AvgIpc) is 2.88. The van der Waals surface area contributed by atoms with Crippen molar-refractivity contribution >= 4 is 11.8 Å². The smallest absolute Gasteiger partial charge is 0.306 e. The topological polar surface area (TPSA) is 114 Å². The fraction of sp³-hybridized carbons (Fsp3) is 0.462. The predicted octanol–water partition coefficient (Wildman–Crippen LogP) is 4.64. The number of carbonyl (C=O) groups is 1. The summed E-state index contributed by atoms with van der Waals surface area (Å²) < 4.78 is 20.2. The van der Waals surface area contributed by atoms with Gasteiger partial charge >= 0.3 is 5.97 Å². The molecule has 1 N–H and O–H groups in total. The van der Waals surface area contributed by atoms with Crippen molar-refractivity contribution in [2.24, 2.45) is 5.92 Å². The lowest BCUT2D eigenvalue weighted by Gasteiger charge is -2.35. The van der Waals surface area contributed by atoms with Gasteiger partial charge in [0.2, 0.25) is 5.95 Å².